The van der Waals surface area contributed by atoms with Gasteiger partial charge < -0.3 is 0 Å². The van der Waals surface area contributed by atoms with Crippen LogP contribution < -0.4 is 0 Å². The molecule has 9 heteroatoms. The number of halogens is 2. The van der Waals surface area contributed by atoms with Crippen LogP contribution in [0.15, 0.2) is 23.1 Å². The first-order valence-corrected chi connectivity index (χ1v) is 5.32. The topological polar surface area (TPSA) is 80.5 Å². The highest BCUT2D eigenvalue weighted by Crippen LogP contribution is 2.24. The fourth-order valence-electron chi connectivity index (χ4n) is 1.11. The Labute approximate surface area is 89.2 Å². The molecule has 0 aliphatic heterocycles. The maximum absolute atomic E-state index is 12.0. The van der Waals surface area contributed by atoms with Gasteiger partial charge in [-0.15, -0.1) is 0 Å². The van der Waals surface area contributed by atoms with Crippen LogP contribution in [-0.4, -0.2) is 18.1 Å². The molecule has 0 aromatic heterocycles. The van der Waals surface area contributed by atoms with Gasteiger partial charge in [0.25, 0.3) is 15.7 Å². The number of nitro benzene ring substituents is 1. The minimum atomic E-state index is -4.87. The van der Waals surface area contributed by atoms with E-state index in [1.54, 1.807) is 0 Å². The van der Waals surface area contributed by atoms with Gasteiger partial charge in [-0.25, -0.2) is 8.42 Å². The Hall–Kier alpha value is -1.61. The lowest BCUT2D eigenvalue weighted by Crippen LogP contribution is -2.15. The van der Waals surface area contributed by atoms with E-state index in [4.69, 9.17) is 0 Å². The summed E-state index contributed by atoms with van der Waals surface area (Å²) < 4.78 is 44.2. The van der Waals surface area contributed by atoms with Crippen molar-refractivity contribution in [3.05, 3.63) is 33.9 Å². The van der Waals surface area contributed by atoms with Crippen molar-refractivity contribution in [3.8, 4) is 0 Å². The summed E-state index contributed by atoms with van der Waals surface area (Å²) in [4.78, 5) is 8.94. The van der Waals surface area contributed by atoms with Crippen molar-refractivity contribution < 1.29 is 22.3 Å². The Bertz CT molecular complexity index is 529. The van der Waals surface area contributed by atoms with Gasteiger partial charge in [-0.3, -0.25) is 10.1 Å². The molecule has 88 valence electrons. The first kappa shape index (κ1) is 12.5. The molecule has 0 N–H and O–H groups in total. The zero-order valence-corrected chi connectivity index (χ0v) is 8.74. The van der Waals surface area contributed by atoms with E-state index < -0.39 is 24.6 Å². The van der Waals surface area contributed by atoms with Crippen LogP contribution in [0.1, 0.15) is 5.56 Å². The SMILES string of the molecule is Cc1cc([N+](=O)[O-])ccc1S(=O)(=O)N(F)F. The Kier molecular flexibility index (Phi) is 3.19. The third-order valence-electron chi connectivity index (χ3n) is 1.83. The molecule has 0 aliphatic rings. The molecule has 0 atom stereocenters. The van der Waals surface area contributed by atoms with Gasteiger partial charge in [0.2, 0.25) is 0 Å². The highest BCUT2D eigenvalue weighted by atomic mass is 32.2. The molecule has 16 heavy (non-hydrogen) atoms. The van der Waals surface area contributed by atoms with Crippen molar-refractivity contribution in [3.63, 3.8) is 0 Å². The van der Waals surface area contributed by atoms with Crippen LogP contribution in [0.5, 0.6) is 0 Å². The van der Waals surface area contributed by atoms with E-state index in [0.29, 0.717) is 0 Å². The maximum Gasteiger partial charge on any atom is 0.297 e. The molecule has 0 saturated carbocycles. The third kappa shape index (κ3) is 2.14. The largest absolute Gasteiger partial charge is 0.297 e. The molecule has 0 unspecified atom stereocenters. The quantitative estimate of drug-likeness (QED) is 0.465. The van der Waals surface area contributed by atoms with E-state index >= 15 is 0 Å². The van der Waals surface area contributed by atoms with Crippen molar-refractivity contribution in [1.29, 1.82) is 0 Å². The maximum atomic E-state index is 12.0. The number of hydrogen-bond acceptors (Lipinski definition) is 4. The second kappa shape index (κ2) is 4.10. The first-order valence-electron chi connectivity index (χ1n) is 3.88. The number of aryl methyl sites for hydroxylation is 1. The van der Waals surface area contributed by atoms with Crippen LogP contribution in [0.2, 0.25) is 0 Å². The molecule has 0 bridgehead atoms. The standard InChI is InChI=1S/C7H6F2N2O4S/c1-5-4-6(10(12)13)2-3-7(5)16(14,15)11(8)9/h2-4H,1H3. The van der Waals surface area contributed by atoms with Crippen LogP contribution >= 0.6 is 0 Å². The molecule has 0 spiro atoms. The summed E-state index contributed by atoms with van der Waals surface area (Å²) in [6, 6.07) is 2.54. The second-order valence-corrected chi connectivity index (χ2v) is 4.55. The van der Waals surface area contributed by atoms with Crippen LogP contribution in [0.4, 0.5) is 14.6 Å². The molecular weight excluding hydrogens is 246 g/mol. The van der Waals surface area contributed by atoms with Crippen LogP contribution in [-0.2, 0) is 10.0 Å². The summed E-state index contributed by atoms with van der Waals surface area (Å²) in [5.74, 6) is 0. The molecule has 6 nitrogen and oxygen atoms in total. The lowest BCUT2D eigenvalue weighted by Gasteiger charge is -2.06. The summed E-state index contributed by atoms with van der Waals surface area (Å²) in [6.07, 6.45) is 0. The predicted molar refractivity (Wildman–Crippen MR) is 49.1 cm³/mol. The lowest BCUT2D eigenvalue weighted by atomic mass is 10.2. The molecular formula is C7H6F2N2O4S. The average molecular weight is 252 g/mol. The summed E-state index contributed by atoms with van der Waals surface area (Å²) in [7, 11) is -4.87. The van der Waals surface area contributed by atoms with E-state index in [1.807, 2.05) is 0 Å². The fraction of sp³-hybridized carbons (Fsp3) is 0.143. The van der Waals surface area contributed by atoms with E-state index in [2.05, 4.69) is 0 Å². The summed E-state index contributed by atoms with van der Waals surface area (Å²) in [5, 5.41) is 10.3. The van der Waals surface area contributed by atoms with Crippen molar-refractivity contribution in [2.45, 2.75) is 11.8 Å². The van der Waals surface area contributed by atoms with Gasteiger partial charge in [-0.1, -0.05) is 8.96 Å². The number of non-ortho nitro benzene ring substituents is 1. The van der Waals surface area contributed by atoms with Crippen molar-refractivity contribution >= 4 is 15.7 Å². The van der Waals surface area contributed by atoms with Crippen LogP contribution in [0, 0.1) is 17.0 Å². The van der Waals surface area contributed by atoms with Gasteiger partial charge in [0, 0.05) is 12.1 Å². The zero-order valence-electron chi connectivity index (χ0n) is 7.92. The molecule has 0 amide bonds. The minimum absolute atomic E-state index is 0.116. The highest BCUT2D eigenvalue weighted by molar-refractivity contribution is 7.88. The van der Waals surface area contributed by atoms with E-state index in [0.717, 1.165) is 18.2 Å². The van der Waals surface area contributed by atoms with Crippen LogP contribution in [0.3, 0.4) is 0 Å². The van der Waals surface area contributed by atoms with Gasteiger partial charge in [0.15, 0.2) is 0 Å². The van der Waals surface area contributed by atoms with Gasteiger partial charge in [0.05, 0.1) is 9.82 Å². The smallest absolute Gasteiger partial charge is 0.258 e. The van der Waals surface area contributed by atoms with Gasteiger partial charge in [0.1, 0.15) is 4.75 Å². The Morgan fingerprint density at radius 3 is 2.31 bits per heavy atom. The number of sulfonamides is 1. The monoisotopic (exact) mass is 252 g/mol. The fourth-order valence-corrected chi connectivity index (χ4v) is 1.97. The minimum Gasteiger partial charge on any atom is -0.258 e. The summed E-state index contributed by atoms with van der Waals surface area (Å²) in [5.41, 5.74) is -0.477. The predicted octanol–water partition coefficient (Wildman–Crippen LogP) is 1.66. The molecule has 1 aromatic carbocycles. The van der Waals surface area contributed by atoms with Crippen molar-refractivity contribution in [2.75, 3.05) is 0 Å². The zero-order chi connectivity index (χ0) is 12.5. The average Bonchev–Trinajstić information content (AvgIpc) is 2.16. The normalized spacial score (nSPS) is 11.8. The van der Waals surface area contributed by atoms with Gasteiger partial charge in [-0.05, 0) is 18.6 Å². The van der Waals surface area contributed by atoms with Crippen molar-refractivity contribution in [1.82, 2.24) is 4.75 Å². The molecule has 1 rings (SSSR count). The van der Waals surface area contributed by atoms with Crippen LogP contribution in [0.25, 0.3) is 0 Å². The molecule has 0 radical (unpaired) electrons. The molecule has 0 heterocycles. The molecule has 0 saturated heterocycles. The molecule has 0 aliphatic carbocycles. The second-order valence-electron chi connectivity index (χ2n) is 2.88. The lowest BCUT2D eigenvalue weighted by molar-refractivity contribution is -0.385. The number of rotatable bonds is 3. The summed E-state index contributed by atoms with van der Waals surface area (Å²) in [6.45, 7) is 1.20. The molecule has 1 aromatic rings. The highest BCUT2D eigenvalue weighted by Gasteiger charge is 2.27. The first-order chi connectivity index (χ1) is 7.26. The number of nitro groups is 1. The van der Waals surface area contributed by atoms with E-state index in [-0.39, 0.29) is 11.3 Å². The van der Waals surface area contributed by atoms with Gasteiger partial charge >= 0.3 is 0 Å². The Balaban J connectivity index is 3.35. The number of hydrogen-bond donors (Lipinski definition) is 0. The van der Waals surface area contributed by atoms with E-state index in [1.165, 1.54) is 6.92 Å². The Morgan fingerprint density at radius 2 is 1.94 bits per heavy atom. The summed E-state index contributed by atoms with van der Waals surface area (Å²) >= 11 is 0. The van der Waals surface area contributed by atoms with Crippen molar-refractivity contribution in [2.24, 2.45) is 0 Å². The number of nitrogens with zero attached hydrogens (tertiary/aromatic N) is 2. The number of benzene rings is 1. The molecule has 0 fully saturated rings. The van der Waals surface area contributed by atoms with Gasteiger partial charge in [-0.2, -0.15) is 0 Å². The third-order valence-corrected chi connectivity index (χ3v) is 3.21. The van der Waals surface area contributed by atoms with E-state index in [9.17, 15) is 27.5 Å². The Morgan fingerprint density at radius 1 is 1.38 bits per heavy atom.